The Bertz CT molecular complexity index is 2160. The first-order chi connectivity index (χ1) is 31.0. The molecular weight excluding hydrogens is 869 g/mol. The van der Waals surface area contributed by atoms with Crippen LogP contribution in [0.1, 0.15) is 51.4 Å². The van der Waals surface area contributed by atoms with Gasteiger partial charge in [-0.15, -0.1) is 23.5 Å². The van der Waals surface area contributed by atoms with E-state index in [2.05, 4.69) is 13.2 Å². The summed E-state index contributed by atoms with van der Waals surface area (Å²) in [5, 5.41) is 19.3. The van der Waals surface area contributed by atoms with Crippen molar-refractivity contribution in [3.05, 3.63) is 86.0 Å². The van der Waals surface area contributed by atoms with E-state index in [1.165, 1.54) is 35.7 Å². The number of esters is 6. The number of ether oxygens (including phenoxy) is 8. The highest BCUT2D eigenvalue weighted by molar-refractivity contribution is 8.19. The largest absolute Gasteiger partial charge is 0.457 e. The number of nitriles is 2. The fourth-order valence-electron chi connectivity index (χ4n) is 7.00. The van der Waals surface area contributed by atoms with Gasteiger partial charge in [0.1, 0.15) is 34.5 Å². The summed E-state index contributed by atoms with van der Waals surface area (Å²) >= 11 is 2.37. The summed E-state index contributed by atoms with van der Waals surface area (Å²) in [4.78, 5) is 76.2. The zero-order chi connectivity index (χ0) is 45.6. The summed E-state index contributed by atoms with van der Waals surface area (Å²) in [5.74, 6) is -4.16. The van der Waals surface area contributed by atoms with Crippen molar-refractivity contribution in [3.8, 4) is 46.6 Å². The molecule has 0 saturated heterocycles. The number of hydrogen-bond acceptors (Lipinski definition) is 18. The normalized spacial score (nSPS) is 19.8. The molecule has 6 rings (SSSR count). The predicted octanol–water partition coefficient (Wildman–Crippen LogP) is 7.64. The highest BCUT2D eigenvalue weighted by Gasteiger charge is 2.39. The SMILES string of the molecule is C=CC(=O)OCOc1ccc(OC(=O)C2CCC(C(=O)Oc3ccc(OC(=O)C4CCC(C(=O)Oc5ccc(OCOC(=O)C=C)cc5)CC4)c4c3SC(C(C#N)C#N)S4)CC2)cc1. The van der Waals surface area contributed by atoms with Crippen LogP contribution in [0.2, 0.25) is 0 Å². The van der Waals surface area contributed by atoms with E-state index in [1.54, 1.807) is 48.5 Å². The van der Waals surface area contributed by atoms with Crippen LogP contribution in [-0.4, -0.2) is 54.0 Å². The van der Waals surface area contributed by atoms with Crippen LogP contribution in [-0.2, 0) is 38.2 Å². The van der Waals surface area contributed by atoms with Crippen LogP contribution >= 0.6 is 23.5 Å². The van der Waals surface area contributed by atoms with Crippen molar-refractivity contribution >= 4 is 59.3 Å². The van der Waals surface area contributed by atoms with Crippen LogP contribution in [0, 0.1) is 52.3 Å². The minimum Gasteiger partial charge on any atom is -0.457 e. The smallest absolute Gasteiger partial charge is 0.333 e. The van der Waals surface area contributed by atoms with E-state index in [-0.39, 0.29) is 25.1 Å². The summed E-state index contributed by atoms with van der Waals surface area (Å²) in [6, 6.07) is 19.5. The first-order valence-corrected chi connectivity index (χ1v) is 21.9. The highest BCUT2D eigenvalue weighted by atomic mass is 32.2. The van der Waals surface area contributed by atoms with E-state index in [4.69, 9.17) is 37.9 Å². The quantitative estimate of drug-likeness (QED) is 0.0549. The fourth-order valence-corrected chi connectivity index (χ4v) is 9.91. The molecule has 2 fully saturated rings. The van der Waals surface area contributed by atoms with Crippen LogP contribution in [0.5, 0.6) is 34.5 Å². The zero-order valence-corrected chi connectivity index (χ0v) is 35.9. The number of carbonyl (C=O) groups excluding carboxylic acids is 6. The Balaban J connectivity index is 0.995. The molecule has 64 heavy (non-hydrogen) atoms. The van der Waals surface area contributed by atoms with Crippen LogP contribution < -0.4 is 28.4 Å². The Morgan fingerprint density at radius 3 is 1.16 bits per heavy atom. The Morgan fingerprint density at radius 2 is 0.844 bits per heavy atom. The van der Waals surface area contributed by atoms with Gasteiger partial charge in [0, 0.05) is 12.2 Å². The van der Waals surface area contributed by atoms with Crippen LogP contribution in [0.4, 0.5) is 0 Å². The van der Waals surface area contributed by atoms with Crippen LogP contribution in [0.15, 0.2) is 95.8 Å². The molecule has 0 amide bonds. The van der Waals surface area contributed by atoms with E-state index in [9.17, 15) is 39.3 Å². The molecule has 0 spiro atoms. The lowest BCUT2D eigenvalue weighted by Gasteiger charge is -2.26. The maximum Gasteiger partial charge on any atom is 0.333 e. The summed E-state index contributed by atoms with van der Waals surface area (Å²) < 4.78 is 42.6. The fraction of sp³-hybridized carbons (Fsp3) is 0.348. The van der Waals surface area contributed by atoms with Crippen molar-refractivity contribution in [1.29, 1.82) is 10.5 Å². The number of fused-ring (bicyclic) bond motifs is 1. The average Bonchev–Trinajstić information content (AvgIpc) is 3.77. The van der Waals surface area contributed by atoms with Gasteiger partial charge in [0.2, 0.25) is 13.6 Å². The molecule has 2 saturated carbocycles. The summed E-state index contributed by atoms with van der Waals surface area (Å²) in [6.07, 6.45) is 5.13. The molecule has 0 N–H and O–H groups in total. The monoisotopic (exact) mass is 910 g/mol. The maximum atomic E-state index is 13.5. The number of thioether (sulfide) groups is 2. The number of carbonyl (C=O) groups is 6. The summed E-state index contributed by atoms with van der Waals surface area (Å²) in [6.45, 7) is 6.01. The van der Waals surface area contributed by atoms with Crippen molar-refractivity contribution in [2.75, 3.05) is 13.6 Å². The molecule has 0 bridgehead atoms. The van der Waals surface area contributed by atoms with Gasteiger partial charge in [-0.05, 0) is 112 Å². The number of rotatable bonds is 17. The van der Waals surface area contributed by atoms with Gasteiger partial charge >= 0.3 is 35.8 Å². The third-order valence-electron chi connectivity index (χ3n) is 10.5. The lowest BCUT2D eigenvalue weighted by Crippen LogP contribution is -2.30. The van der Waals surface area contributed by atoms with Gasteiger partial charge in [-0.1, -0.05) is 13.2 Å². The zero-order valence-electron chi connectivity index (χ0n) is 34.3. The molecular formula is C46H42N2O14S2. The lowest BCUT2D eigenvalue weighted by atomic mass is 9.82. The molecule has 2 aliphatic carbocycles. The second kappa shape index (κ2) is 22.5. The Hall–Kier alpha value is -6.76. The highest BCUT2D eigenvalue weighted by Crippen LogP contribution is 2.58. The van der Waals surface area contributed by atoms with Crippen LogP contribution in [0.25, 0.3) is 0 Å². The molecule has 1 aliphatic heterocycles. The molecule has 0 aromatic heterocycles. The topological polar surface area (TPSA) is 224 Å². The summed E-state index contributed by atoms with van der Waals surface area (Å²) in [5.41, 5.74) is 0. The van der Waals surface area contributed by atoms with Crippen molar-refractivity contribution < 1.29 is 66.7 Å². The van der Waals surface area contributed by atoms with E-state index in [0.717, 1.165) is 12.2 Å². The van der Waals surface area contributed by atoms with Gasteiger partial charge in [-0.2, -0.15) is 10.5 Å². The first kappa shape index (κ1) is 46.7. The predicted molar refractivity (Wildman–Crippen MR) is 227 cm³/mol. The van der Waals surface area contributed by atoms with E-state index in [0.29, 0.717) is 84.2 Å². The molecule has 16 nitrogen and oxygen atoms in total. The van der Waals surface area contributed by atoms with Crippen LogP contribution in [0.3, 0.4) is 0 Å². The third kappa shape index (κ3) is 12.5. The van der Waals surface area contributed by atoms with E-state index < -0.39 is 70.0 Å². The van der Waals surface area contributed by atoms with Crippen molar-refractivity contribution in [3.63, 3.8) is 0 Å². The number of hydrogen-bond donors (Lipinski definition) is 0. The molecule has 0 unspecified atom stereocenters. The Labute approximate surface area is 376 Å². The molecule has 3 aromatic rings. The van der Waals surface area contributed by atoms with Gasteiger partial charge in [0.25, 0.3) is 0 Å². The molecule has 0 radical (unpaired) electrons. The number of benzene rings is 3. The minimum atomic E-state index is -1.01. The van der Waals surface area contributed by atoms with Crippen molar-refractivity contribution in [2.45, 2.75) is 65.7 Å². The van der Waals surface area contributed by atoms with Crippen molar-refractivity contribution in [1.82, 2.24) is 0 Å². The number of nitrogens with zero attached hydrogens (tertiary/aromatic N) is 2. The lowest BCUT2D eigenvalue weighted by molar-refractivity contribution is -0.145. The first-order valence-electron chi connectivity index (χ1n) is 20.2. The van der Waals surface area contributed by atoms with Gasteiger partial charge in [-0.25, -0.2) is 9.59 Å². The standard InChI is InChI=1S/C46H42N2O14S2/c1-3-38(49)57-25-55-32-13-17-34(18-14-32)59-42(51)27-5-9-29(10-6-27)44(53)61-36-21-22-37(41-40(36)63-46(64-41)31(23-47)24-48)62-45(54)30-11-7-28(8-12-30)43(52)60-35-19-15-33(16-20-35)56-26-58-39(50)4-2/h3-4,13-22,27-31,46H,1-2,5-12,25-26H2. The molecule has 0 atom stereocenters. The van der Waals surface area contributed by atoms with E-state index >= 15 is 0 Å². The Morgan fingerprint density at radius 1 is 0.531 bits per heavy atom. The molecule has 18 heteroatoms. The summed E-state index contributed by atoms with van der Waals surface area (Å²) in [7, 11) is 0. The minimum absolute atomic E-state index is 0.206. The van der Waals surface area contributed by atoms with Gasteiger partial charge in [0.15, 0.2) is 5.92 Å². The maximum absolute atomic E-state index is 13.5. The molecule has 3 aliphatic rings. The second-order valence-corrected chi connectivity index (χ2v) is 17.2. The van der Waals surface area contributed by atoms with Gasteiger partial charge in [-0.3, -0.25) is 19.2 Å². The average molecular weight is 911 g/mol. The van der Waals surface area contributed by atoms with Gasteiger partial charge in [0.05, 0.1) is 50.2 Å². The Kier molecular flexibility index (Phi) is 16.5. The van der Waals surface area contributed by atoms with E-state index in [1.807, 2.05) is 12.1 Å². The van der Waals surface area contributed by atoms with Gasteiger partial charge < -0.3 is 37.9 Å². The molecule has 3 aromatic carbocycles. The molecule has 1 heterocycles. The molecule has 332 valence electrons. The second-order valence-electron chi connectivity index (χ2n) is 14.6. The third-order valence-corrected chi connectivity index (χ3v) is 13.5. The van der Waals surface area contributed by atoms with Crippen molar-refractivity contribution in [2.24, 2.45) is 29.6 Å².